The molecular weight excluding hydrogens is 438 g/mol. The van der Waals surface area contributed by atoms with Crippen LogP contribution in [0.3, 0.4) is 0 Å². The van der Waals surface area contributed by atoms with E-state index in [2.05, 4.69) is 12.7 Å². The third-order valence-corrected chi connectivity index (χ3v) is 9.62. The van der Waals surface area contributed by atoms with Gasteiger partial charge >= 0.3 is 0 Å². The van der Waals surface area contributed by atoms with E-state index >= 15 is 0 Å². The average molecular weight is 487 g/mol. The summed E-state index contributed by atoms with van der Waals surface area (Å²) < 4.78 is 35.5. The molecule has 0 N–H and O–H groups in total. The molecule has 3 saturated carbocycles. The molecule has 0 heterocycles. The fraction of sp³-hybridized carbons (Fsp3) is 0.750. The lowest BCUT2D eigenvalue weighted by atomic mass is 9.69. The molecule has 196 valence electrons. The molecule has 4 rings (SSSR count). The minimum Gasteiger partial charge on any atom is -0.378 e. The first-order valence-electron chi connectivity index (χ1n) is 14.8. The molecule has 0 unspecified atom stereocenters. The van der Waals surface area contributed by atoms with Crippen LogP contribution in [-0.2, 0) is 11.2 Å². The molecule has 3 aliphatic rings. The number of rotatable bonds is 10. The highest BCUT2D eigenvalue weighted by Gasteiger charge is 2.32. The minimum absolute atomic E-state index is 0.127. The highest BCUT2D eigenvalue weighted by molar-refractivity contribution is 5.29. The largest absolute Gasteiger partial charge is 0.378 e. The van der Waals surface area contributed by atoms with E-state index in [0.29, 0.717) is 29.6 Å². The van der Waals surface area contributed by atoms with Gasteiger partial charge in [0.2, 0.25) is 0 Å². The summed E-state index contributed by atoms with van der Waals surface area (Å²) in [6, 6.07) is 3.63. The Bertz CT molecular complexity index is 781. The van der Waals surface area contributed by atoms with Crippen molar-refractivity contribution in [3.05, 3.63) is 47.5 Å². The lowest BCUT2D eigenvalue weighted by molar-refractivity contribution is -0.00789. The smallest absolute Gasteiger partial charge is 0.162 e. The van der Waals surface area contributed by atoms with Crippen LogP contribution < -0.4 is 0 Å². The maximum Gasteiger partial charge on any atom is 0.162 e. The number of ether oxygens (including phenoxy) is 1. The van der Waals surface area contributed by atoms with Gasteiger partial charge in [-0.1, -0.05) is 44.4 Å². The molecule has 3 fully saturated rings. The fourth-order valence-electron chi connectivity index (χ4n) is 7.32. The third kappa shape index (κ3) is 7.18. The lowest BCUT2D eigenvalue weighted by Crippen LogP contribution is -2.29. The van der Waals surface area contributed by atoms with Crippen molar-refractivity contribution < 1.29 is 13.5 Å². The first kappa shape index (κ1) is 26.8. The van der Waals surface area contributed by atoms with Gasteiger partial charge in [0.25, 0.3) is 0 Å². The van der Waals surface area contributed by atoms with Crippen LogP contribution >= 0.6 is 0 Å². The van der Waals surface area contributed by atoms with Gasteiger partial charge in [0.15, 0.2) is 11.6 Å². The molecular formula is C32H48F2O. The molecule has 0 saturated heterocycles. The van der Waals surface area contributed by atoms with Gasteiger partial charge in [-0.3, -0.25) is 0 Å². The standard InChI is InChI=1S/C32H48F2O/c1-3-5-7-23-8-12-25(13-9-23)26-14-10-24(11-15-26)22-35-29-19-16-27(17-20-29)30-21-18-28(6-4-2)31(33)32(30)34/h3,18,21,23-27,29H,1,4-17,19-20,22H2,2H3. The Kier molecular flexibility index (Phi) is 10.2. The van der Waals surface area contributed by atoms with E-state index in [9.17, 15) is 8.78 Å². The predicted molar refractivity (Wildman–Crippen MR) is 142 cm³/mol. The molecule has 0 amide bonds. The van der Waals surface area contributed by atoms with E-state index in [-0.39, 0.29) is 5.92 Å². The summed E-state index contributed by atoms with van der Waals surface area (Å²) in [5.74, 6) is 2.46. The molecule has 1 aromatic rings. The van der Waals surface area contributed by atoms with Gasteiger partial charge in [-0.25, -0.2) is 8.78 Å². The summed E-state index contributed by atoms with van der Waals surface area (Å²) in [5, 5.41) is 0. The summed E-state index contributed by atoms with van der Waals surface area (Å²) in [6.07, 6.45) is 21.3. The number of hydrogen-bond acceptors (Lipinski definition) is 1. The first-order chi connectivity index (χ1) is 17.1. The zero-order valence-electron chi connectivity index (χ0n) is 22.1. The monoisotopic (exact) mass is 486 g/mol. The normalized spacial score (nSPS) is 31.9. The van der Waals surface area contributed by atoms with E-state index in [1.807, 2.05) is 13.0 Å². The van der Waals surface area contributed by atoms with Gasteiger partial charge in [0.05, 0.1) is 6.10 Å². The number of hydrogen-bond donors (Lipinski definition) is 0. The quantitative estimate of drug-likeness (QED) is 0.299. The number of halogens is 2. The van der Waals surface area contributed by atoms with Crippen LogP contribution in [0.25, 0.3) is 0 Å². The summed E-state index contributed by atoms with van der Waals surface area (Å²) in [7, 11) is 0. The molecule has 0 aromatic heterocycles. The van der Waals surface area contributed by atoms with Gasteiger partial charge < -0.3 is 4.74 Å². The molecule has 3 heteroatoms. The van der Waals surface area contributed by atoms with Crippen LogP contribution in [0.1, 0.15) is 120 Å². The SMILES string of the molecule is C=CCCC1CCC(C2CCC(COC3CCC(c4ccc(CCC)c(F)c4F)CC3)CC2)CC1. The van der Waals surface area contributed by atoms with Gasteiger partial charge in [-0.05, 0) is 124 Å². The Morgan fingerprint density at radius 2 is 1.46 bits per heavy atom. The van der Waals surface area contributed by atoms with Crippen molar-refractivity contribution in [1.82, 2.24) is 0 Å². The summed E-state index contributed by atoms with van der Waals surface area (Å²) in [5.41, 5.74) is 1.09. The summed E-state index contributed by atoms with van der Waals surface area (Å²) in [4.78, 5) is 0. The van der Waals surface area contributed by atoms with E-state index < -0.39 is 11.6 Å². The zero-order valence-corrected chi connectivity index (χ0v) is 22.1. The van der Waals surface area contributed by atoms with Crippen LogP contribution in [0.2, 0.25) is 0 Å². The van der Waals surface area contributed by atoms with Crippen molar-refractivity contribution in [2.75, 3.05) is 6.61 Å². The van der Waals surface area contributed by atoms with E-state index in [0.717, 1.165) is 56.5 Å². The Balaban J connectivity index is 1.14. The molecule has 0 bridgehead atoms. The Hall–Kier alpha value is -1.22. The molecule has 0 aliphatic heterocycles. The predicted octanol–water partition coefficient (Wildman–Crippen LogP) is 9.54. The number of aryl methyl sites for hydroxylation is 1. The van der Waals surface area contributed by atoms with Gasteiger partial charge in [-0.15, -0.1) is 6.58 Å². The second-order valence-electron chi connectivity index (χ2n) is 11.9. The molecule has 1 aromatic carbocycles. The Labute approximate surface area is 213 Å². The molecule has 35 heavy (non-hydrogen) atoms. The summed E-state index contributed by atoms with van der Waals surface area (Å²) >= 11 is 0. The molecule has 1 nitrogen and oxygen atoms in total. The van der Waals surface area contributed by atoms with Crippen LogP contribution in [0, 0.1) is 35.3 Å². The van der Waals surface area contributed by atoms with Crippen LogP contribution in [0.5, 0.6) is 0 Å². The van der Waals surface area contributed by atoms with Crippen molar-refractivity contribution in [3.63, 3.8) is 0 Å². The van der Waals surface area contributed by atoms with E-state index in [4.69, 9.17) is 4.74 Å². The summed E-state index contributed by atoms with van der Waals surface area (Å²) in [6.45, 7) is 6.77. The molecule has 0 atom stereocenters. The van der Waals surface area contributed by atoms with Crippen LogP contribution in [0.4, 0.5) is 8.78 Å². The van der Waals surface area contributed by atoms with Crippen LogP contribution in [0.15, 0.2) is 24.8 Å². The topological polar surface area (TPSA) is 9.23 Å². The first-order valence-corrected chi connectivity index (χ1v) is 14.8. The van der Waals surface area contributed by atoms with E-state index in [1.165, 1.54) is 64.2 Å². The van der Waals surface area contributed by atoms with Crippen LogP contribution in [-0.4, -0.2) is 12.7 Å². The molecule has 3 aliphatic carbocycles. The van der Waals surface area contributed by atoms with Gasteiger partial charge in [0, 0.05) is 6.61 Å². The minimum atomic E-state index is -0.626. The van der Waals surface area contributed by atoms with Crippen molar-refractivity contribution >= 4 is 0 Å². The lowest BCUT2D eigenvalue weighted by Gasteiger charge is -2.38. The Morgan fingerprint density at radius 3 is 2.06 bits per heavy atom. The fourth-order valence-corrected chi connectivity index (χ4v) is 7.32. The maximum atomic E-state index is 14.7. The highest BCUT2D eigenvalue weighted by atomic mass is 19.2. The second kappa shape index (κ2) is 13.4. The second-order valence-corrected chi connectivity index (χ2v) is 11.9. The average Bonchev–Trinajstić information content (AvgIpc) is 2.90. The van der Waals surface area contributed by atoms with E-state index in [1.54, 1.807) is 6.07 Å². The third-order valence-electron chi connectivity index (χ3n) is 9.62. The Morgan fingerprint density at radius 1 is 0.829 bits per heavy atom. The van der Waals surface area contributed by atoms with Gasteiger partial charge in [0.1, 0.15) is 0 Å². The zero-order chi connectivity index (χ0) is 24.6. The van der Waals surface area contributed by atoms with Crippen molar-refractivity contribution in [2.24, 2.45) is 23.7 Å². The van der Waals surface area contributed by atoms with Crippen molar-refractivity contribution in [1.29, 1.82) is 0 Å². The number of allylic oxidation sites excluding steroid dienone is 1. The number of benzene rings is 1. The maximum absolute atomic E-state index is 14.7. The van der Waals surface area contributed by atoms with Crippen molar-refractivity contribution in [3.8, 4) is 0 Å². The van der Waals surface area contributed by atoms with Crippen molar-refractivity contribution in [2.45, 2.75) is 122 Å². The molecule has 0 radical (unpaired) electrons. The molecule has 0 spiro atoms. The highest BCUT2D eigenvalue weighted by Crippen LogP contribution is 2.43. The van der Waals surface area contributed by atoms with Gasteiger partial charge in [-0.2, -0.15) is 0 Å².